The van der Waals surface area contributed by atoms with Crippen molar-refractivity contribution >= 4 is 17.4 Å². The highest BCUT2D eigenvalue weighted by atomic mass is 35.5. The maximum absolute atomic E-state index is 11.4. The predicted molar refractivity (Wildman–Crippen MR) is 75.0 cm³/mol. The van der Waals surface area contributed by atoms with Gasteiger partial charge in [-0.25, -0.2) is 0 Å². The first kappa shape index (κ1) is 13.6. The minimum atomic E-state index is 0.110. The zero-order valence-corrected chi connectivity index (χ0v) is 11.8. The first-order valence-corrected chi connectivity index (χ1v) is 6.83. The van der Waals surface area contributed by atoms with Gasteiger partial charge in [-0.05, 0) is 51.1 Å². The molecule has 0 N–H and O–H groups in total. The molecule has 18 heavy (non-hydrogen) atoms. The van der Waals surface area contributed by atoms with E-state index >= 15 is 0 Å². The van der Waals surface area contributed by atoms with Crippen LogP contribution in [0.5, 0.6) is 0 Å². The molecule has 1 aliphatic rings. The van der Waals surface area contributed by atoms with Gasteiger partial charge in [-0.15, -0.1) is 0 Å². The fourth-order valence-electron chi connectivity index (χ4n) is 2.80. The van der Waals surface area contributed by atoms with Crippen molar-refractivity contribution in [1.82, 2.24) is 4.90 Å². The molecule has 1 aromatic carbocycles. The van der Waals surface area contributed by atoms with Crippen LogP contribution in [0.4, 0.5) is 0 Å². The van der Waals surface area contributed by atoms with Gasteiger partial charge in [-0.1, -0.05) is 23.7 Å². The van der Waals surface area contributed by atoms with Gasteiger partial charge >= 0.3 is 0 Å². The number of likely N-dealkylation sites (N-methyl/N-ethyl adjacent to an activating group) is 1. The van der Waals surface area contributed by atoms with Crippen molar-refractivity contribution in [1.29, 1.82) is 0 Å². The van der Waals surface area contributed by atoms with Gasteiger partial charge in [0.25, 0.3) is 0 Å². The molecule has 1 fully saturated rings. The van der Waals surface area contributed by atoms with Gasteiger partial charge in [-0.2, -0.15) is 0 Å². The lowest BCUT2D eigenvalue weighted by atomic mass is 9.76. The van der Waals surface area contributed by atoms with E-state index in [-0.39, 0.29) is 5.54 Å². The second kappa shape index (κ2) is 5.41. The molecule has 1 aromatic rings. The third-order valence-corrected chi connectivity index (χ3v) is 4.34. The van der Waals surface area contributed by atoms with E-state index < -0.39 is 0 Å². The van der Waals surface area contributed by atoms with Gasteiger partial charge in [-0.3, -0.25) is 4.79 Å². The van der Waals surface area contributed by atoms with Crippen LogP contribution >= 0.6 is 11.6 Å². The van der Waals surface area contributed by atoms with Crippen LogP contribution in [0.3, 0.4) is 0 Å². The zero-order valence-electron chi connectivity index (χ0n) is 11.1. The van der Waals surface area contributed by atoms with Crippen LogP contribution in [-0.2, 0) is 11.2 Å². The lowest BCUT2D eigenvalue weighted by Gasteiger charge is -2.43. The molecule has 0 atom stereocenters. The highest BCUT2D eigenvalue weighted by Crippen LogP contribution is 2.34. The molecule has 0 unspecified atom stereocenters. The van der Waals surface area contributed by atoms with E-state index in [2.05, 4.69) is 25.1 Å². The Hall–Kier alpha value is -0.860. The second-order valence-corrected chi connectivity index (χ2v) is 5.90. The van der Waals surface area contributed by atoms with Crippen molar-refractivity contribution in [2.45, 2.75) is 37.6 Å². The van der Waals surface area contributed by atoms with Crippen LogP contribution in [0.15, 0.2) is 24.3 Å². The van der Waals surface area contributed by atoms with Crippen LogP contribution in [0, 0.1) is 0 Å². The maximum Gasteiger partial charge on any atom is 0.133 e. The normalized spacial score (nSPS) is 19.2. The number of hydrogen-bond donors (Lipinski definition) is 0. The number of hydrogen-bond acceptors (Lipinski definition) is 2. The third kappa shape index (κ3) is 2.93. The fourth-order valence-corrected chi connectivity index (χ4v) is 3.02. The van der Waals surface area contributed by atoms with E-state index in [0.29, 0.717) is 18.6 Å². The number of rotatable bonds is 3. The number of halogens is 1. The van der Waals surface area contributed by atoms with Crippen molar-refractivity contribution in [3.8, 4) is 0 Å². The fraction of sp³-hybridized carbons (Fsp3) is 0.533. The van der Waals surface area contributed by atoms with Crippen molar-refractivity contribution in [3.05, 3.63) is 34.9 Å². The minimum absolute atomic E-state index is 0.110. The zero-order chi connectivity index (χ0) is 13.2. The second-order valence-electron chi connectivity index (χ2n) is 5.46. The Morgan fingerprint density at radius 1 is 1.28 bits per heavy atom. The van der Waals surface area contributed by atoms with Crippen LogP contribution in [0.1, 0.15) is 31.2 Å². The summed E-state index contributed by atoms with van der Waals surface area (Å²) in [6, 6.07) is 8.05. The Morgan fingerprint density at radius 2 is 1.94 bits per heavy atom. The molecule has 0 bridgehead atoms. The summed E-state index contributed by atoms with van der Waals surface area (Å²) in [5.74, 6) is 0.401. The topological polar surface area (TPSA) is 20.3 Å². The van der Waals surface area contributed by atoms with Crippen molar-refractivity contribution in [2.24, 2.45) is 0 Å². The van der Waals surface area contributed by atoms with E-state index in [0.717, 1.165) is 24.3 Å². The van der Waals surface area contributed by atoms with Gasteiger partial charge in [0, 0.05) is 23.4 Å². The lowest BCUT2D eigenvalue weighted by molar-refractivity contribution is -0.122. The monoisotopic (exact) mass is 265 g/mol. The van der Waals surface area contributed by atoms with Crippen LogP contribution in [0.25, 0.3) is 0 Å². The smallest absolute Gasteiger partial charge is 0.133 e. The van der Waals surface area contributed by atoms with E-state index in [1.54, 1.807) is 0 Å². The van der Waals surface area contributed by atoms with Gasteiger partial charge in [0.15, 0.2) is 0 Å². The Balaban J connectivity index is 2.19. The molecule has 1 aliphatic carbocycles. The molecule has 3 heteroatoms. The largest absolute Gasteiger partial charge is 0.303 e. The van der Waals surface area contributed by atoms with Crippen molar-refractivity contribution in [2.75, 3.05) is 14.1 Å². The van der Waals surface area contributed by atoms with Gasteiger partial charge in [0.1, 0.15) is 5.78 Å². The quantitative estimate of drug-likeness (QED) is 0.836. The third-order valence-electron chi connectivity index (χ3n) is 4.11. The first-order valence-electron chi connectivity index (χ1n) is 6.45. The molecule has 0 amide bonds. The molecule has 2 rings (SSSR count). The highest BCUT2D eigenvalue weighted by molar-refractivity contribution is 6.30. The van der Waals surface area contributed by atoms with Crippen LogP contribution < -0.4 is 0 Å². The number of carbonyl (C=O) groups excluding carboxylic acids is 1. The molecular weight excluding hydrogens is 246 g/mol. The predicted octanol–water partition coefficient (Wildman–Crippen LogP) is 3.33. The maximum atomic E-state index is 11.4. The molecular formula is C15H20ClNO. The Bertz CT molecular complexity index is 432. The number of nitrogens with zero attached hydrogens (tertiary/aromatic N) is 1. The Kier molecular flexibility index (Phi) is 4.08. The SMILES string of the molecule is CN(C)C1(Cc2cccc(Cl)c2)CCC(=O)CC1. The number of ketones is 1. The minimum Gasteiger partial charge on any atom is -0.303 e. The summed E-state index contributed by atoms with van der Waals surface area (Å²) in [5.41, 5.74) is 1.36. The molecule has 0 aliphatic heterocycles. The lowest BCUT2D eigenvalue weighted by Crippen LogP contribution is -2.48. The standard InChI is InChI=1S/C15H20ClNO/c1-17(2)15(8-6-14(18)7-9-15)11-12-4-3-5-13(16)10-12/h3-5,10H,6-9,11H2,1-2H3. The van der Waals surface area contributed by atoms with Crippen LogP contribution in [0.2, 0.25) is 5.02 Å². The summed E-state index contributed by atoms with van der Waals surface area (Å²) in [5, 5.41) is 0.785. The molecule has 0 heterocycles. The van der Waals surface area contributed by atoms with Crippen molar-refractivity contribution < 1.29 is 4.79 Å². The van der Waals surface area contributed by atoms with Gasteiger partial charge < -0.3 is 4.90 Å². The van der Waals surface area contributed by atoms with Gasteiger partial charge in [0.05, 0.1) is 0 Å². The summed E-state index contributed by atoms with van der Waals surface area (Å²) in [7, 11) is 4.22. The van der Waals surface area contributed by atoms with E-state index in [1.165, 1.54) is 5.56 Å². The summed E-state index contributed by atoms with van der Waals surface area (Å²) in [4.78, 5) is 13.7. The van der Waals surface area contributed by atoms with E-state index in [1.807, 2.05) is 18.2 Å². The highest BCUT2D eigenvalue weighted by Gasteiger charge is 2.36. The van der Waals surface area contributed by atoms with Crippen LogP contribution in [-0.4, -0.2) is 30.3 Å². The molecule has 0 aromatic heterocycles. The molecule has 2 nitrogen and oxygen atoms in total. The molecule has 98 valence electrons. The molecule has 0 saturated heterocycles. The average Bonchev–Trinajstić information content (AvgIpc) is 2.32. The molecule has 0 spiro atoms. The van der Waals surface area contributed by atoms with Crippen molar-refractivity contribution in [3.63, 3.8) is 0 Å². The van der Waals surface area contributed by atoms with Gasteiger partial charge in [0.2, 0.25) is 0 Å². The van der Waals surface area contributed by atoms with E-state index in [9.17, 15) is 4.79 Å². The first-order chi connectivity index (χ1) is 8.52. The molecule has 1 saturated carbocycles. The summed E-state index contributed by atoms with van der Waals surface area (Å²) in [6.45, 7) is 0. The summed E-state index contributed by atoms with van der Waals surface area (Å²) < 4.78 is 0. The number of benzene rings is 1. The Morgan fingerprint density at radius 3 is 2.50 bits per heavy atom. The number of Topliss-reactive ketones (excluding diaryl/α,β-unsaturated/α-hetero) is 1. The summed E-state index contributed by atoms with van der Waals surface area (Å²) >= 11 is 6.04. The number of carbonyl (C=O) groups is 1. The Labute approximate surface area is 114 Å². The average molecular weight is 266 g/mol. The van der Waals surface area contributed by atoms with E-state index in [4.69, 9.17) is 11.6 Å². The molecule has 0 radical (unpaired) electrons. The summed E-state index contributed by atoms with van der Waals surface area (Å²) in [6.07, 6.45) is 4.28.